The highest BCUT2D eigenvalue weighted by molar-refractivity contribution is 5.72. The Morgan fingerprint density at radius 3 is 2.85 bits per heavy atom. The molecular weight excluding hydrogens is 160 g/mol. The van der Waals surface area contributed by atoms with Gasteiger partial charge in [-0.25, -0.2) is 0 Å². The van der Waals surface area contributed by atoms with Crippen LogP contribution in [-0.2, 0) is 0 Å². The molecule has 0 radical (unpaired) electrons. The number of para-hydroxylation sites is 1. The first-order valence-corrected chi connectivity index (χ1v) is 4.45. The Kier molecular flexibility index (Phi) is 2.41. The highest BCUT2D eigenvalue weighted by Crippen LogP contribution is 2.13. The van der Waals surface area contributed by atoms with Gasteiger partial charge in [0, 0.05) is 24.6 Å². The molecule has 0 atom stereocenters. The van der Waals surface area contributed by atoms with Crippen LogP contribution in [-0.4, -0.2) is 19.3 Å². The molecule has 1 aromatic rings. The van der Waals surface area contributed by atoms with Crippen molar-refractivity contribution in [1.29, 1.82) is 0 Å². The molecule has 0 amide bonds. The molecule has 0 N–H and O–H groups in total. The van der Waals surface area contributed by atoms with E-state index in [2.05, 4.69) is 40.4 Å². The van der Waals surface area contributed by atoms with Crippen molar-refractivity contribution < 1.29 is 0 Å². The number of benzene rings is 1. The largest absolute Gasteiger partial charge is 0.346 e. The molecule has 1 aromatic carbocycles. The van der Waals surface area contributed by atoms with Gasteiger partial charge in [0.25, 0.3) is 0 Å². The van der Waals surface area contributed by atoms with Gasteiger partial charge in [-0.15, -0.1) is 0 Å². The third-order valence-corrected chi connectivity index (χ3v) is 2.02. The maximum atomic E-state index is 4.19. The van der Waals surface area contributed by atoms with Gasteiger partial charge in [-0.05, 0) is 18.2 Å². The Labute approximate surface area is 78.2 Å². The Hall–Kier alpha value is -1.57. The second-order valence-corrected chi connectivity index (χ2v) is 2.93. The summed E-state index contributed by atoms with van der Waals surface area (Å²) >= 11 is 0. The van der Waals surface area contributed by atoms with E-state index in [0.29, 0.717) is 0 Å². The van der Waals surface area contributed by atoms with Gasteiger partial charge in [-0.1, -0.05) is 18.2 Å². The maximum Gasteiger partial charge on any atom is 0.0569 e. The van der Waals surface area contributed by atoms with Gasteiger partial charge < -0.3 is 4.90 Å². The van der Waals surface area contributed by atoms with Crippen LogP contribution in [0.15, 0.2) is 47.6 Å². The van der Waals surface area contributed by atoms with E-state index in [9.17, 15) is 0 Å². The number of hydrogen-bond donors (Lipinski definition) is 0. The van der Waals surface area contributed by atoms with E-state index in [4.69, 9.17) is 0 Å². The van der Waals surface area contributed by atoms with Crippen molar-refractivity contribution in [3.05, 3.63) is 42.6 Å². The molecule has 2 nitrogen and oxygen atoms in total. The number of anilines is 1. The van der Waals surface area contributed by atoms with E-state index >= 15 is 0 Å². The zero-order valence-electron chi connectivity index (χ0n) is 7.43. The van der Waals surface area contributed by atoms with Crippen molar-refractivity contribution >= 4 is 11.9 Å². The predicted octanol–water partition coefficient (Wildman–Crippen LogP) is 2.09. The fraction of sp³-hybridized carbons (Fsp3) is 0.182. The zero-order valence-corrected chi connectivity index (χ0v) is 7.43. The molecule has 1 aliphatic heterocycles. The first-order valence-electron chi connectivity index (χ1n) is 4.45. The van der Waals surface area contributed by atoms with Crippen molar-refractivity contribution in [2.75, 3.05) is 18.0 Å². The van der Waals surface area contributed by atoms with Crippen LogP contribution in [0.3, 0.4) is 0 Å². The van der Waals surface area contributed by atoms with Crippen LogP contribution in [0.5, 0.6) is 0 Å². The van der Waals surface area contributed by atoms with Crippen molar-refractivity contribution in [3.8, 4) is 0 Å². The van der Waals surface area contributed by atoms with E-state index in [0.717, 1.165) is 13.1 Å². The zero-order chi connectivity index (χ0) is 8.93. The average molecular weight is 172 g/mol. The minimum Gasteiger partial charge on any atom is -0.346 e. The molecule has 0 aromatic heterocycles. The molecule has 2 heteroatoms. The summed E-state index contributed by atoms with van der Waals surface area (Å²) in [6.45, 7) is 1.82. The lowest BCUT2D eigenvalue weighted by Gasteiger charge is -2.17. The molecule has 0 fully saturated rings. The third kappa shape index (κ3) is 1.96. The summed E-state index contributed by atoms with van der Waals surface area (Å²) in [5.41, 5.74) is 1.23. The fourth-order valence-corrected chi connectivity index (χ4v) is 1.35. The smallest absolute Gasteiger partial charge is 0.0569 e. The number of nitrogens with zero attached hydrogens (tertiary/aromatic N) is 2. The summed E-state index contributed by atoms with van der Waals surface area (Å²) in [5, 5.41) is 0. The molecule has 0 aliphatic carbocycles. The molecule has 1 aliphatic rings. The third-order valence-electron chi connectivity index (χ3n) is 2.02. The highest BCUT2D eigenvalue weighted by Gasteiger charge is 2.01. The van der Waals surface area contributed by atoms with Gasteiger partial charge in [0.05, 0.1) is 6.54 Å². The number of allylic oxidation sites excluding steroid dienone is 1. The van der Waals surface area contributed by atoms with E-state index in [1.807, 2.05) is 18.4 Å². The number of rotatable bonds is 1. The van der Waals surface area contributed by atoms with Crippen LogP contribution < -0.4 is 4.90 Å². The van der Waals surface area contributed by atoms with E-state index in [1.165, 1.54) is 5.69 Å². The summed E-state index contributed by atoms with van der Waals surface area (Å²) < 4.78 is 0. The molecule has 1 heterocycles. The molecular formula is C11H12N2. The van der Waals surface area contributed by atoms with Gasteiger partial charge in [0.15, 0.2) is 0 Å². The summed E-state index contributed by atoms with van der Waals surface area (Å²) in [6.07, 6.45) is 5.88. The minimum atomic E-state index is 0.863. The predicted molar refractivity (Wildman–Crippen MR) is 56.3 cm³/mol. The van der Waals surface area contributed by atoms with Crippen molar-refractivity contribution in [1.82, 2.24) is 0 Å². The van der Waals surface area contributed by atoms with Crippen molar-refractivity contribution in [2.24, 2.45) is 4.99 Å². The second kappa shape index (κ2) is 3.90. The van der Waals surface area contributed by atoms with E-state index in [-0.39, 0.29) is 0 Å². The molecule has 0 saturated carbocycles. The maximum absolute atomic E-state index is 4.19. The van der Waals surface area contributed by atoms with E-state index < -0.39 is 0 Å². The Bertz CT molecular complexity index is 314. The summed E-state index contributed by atoms with van der Waals surface area (Å²) in [7, 11) is 0. The van der Waals surface area contributed by atoms with Gasteiger partial charge in [-0.2, -0.15) is 0 Å². The second-order valence-electron chi connectivity index (χ2n) is 2.93. The van der Waals surface area contributed by atoms with Crippen LogP contribution in [0, 0.1) is 0 Å². The van der Waals surface area contributed by atoms with Gasteiger partial charge in [0.2, 0.25) is 0 Å². The molecule has 0 saturated heterocycles. The first kappa shape index (κ1) is 8.05. The lowest BCUT2D eigenvalue weighted by Crippen LogP contribution is -2.18. The van der Waals surface area contributed by atoms with Gasteiger partial charge >= 0.3 is 0 Å². The Morgan fingerprint density at radius 2 is 2.00 bits per heavy atom. The Balaban J connectivity index is 2.18. The normalized spacial score (nSPS) is 15.8. The number of aliphatic imine (C=N–C) groups is 1. The van der Waals surface area contributed by atoms with Crippen LogP contribution >= 0.6 is 0 Å². The standard InChI is InChI=1S/C11H12N2/c1-2-5-11(6-3-1)13-9-4-7-12-8-10-13/h1-7,9H,8,10H2. The highest BCUT2D eigenvalue weighted by atomic mass is 15.1. The molecule has 66 valence electrons. The fourth-order valence-electron chi connectivity index (χ4n) is 1.35. The average Bonchev–Trinajstić information content (AvgIpc) is 2.47. The van der Waals surface area contributed by atoms with Crippen LogP contribution in [0.2, 0.25) is 0 Å². The van der Waals surface area contributed by atoms with Crippen LogP contribution in [0.4, 0.5) is 5.69 Å². The molecule has 2 rings (SSSR count). The van der Waals surface area contributed by atoms with E-state index in [1.54, 1.807) is 0 Å². The SMILES string of the molecule is C1=CN(c2ccccc2)CCN=C1. The van der Waals surface area contributed by atoms with Gasteiger partial charge in [0.1, 0.15) is 0 Å². The summed E-state index contributed by atoms with van der Waals surface area (Å²) in [5.74, 6) is 0. The van der Waals surface area contributed by atoms with Crippen molar-refractivity contribution in [3.63, 3.8) is 0 Å². The molecule has 13 heavy (non-hydrogen) atoms. The lowest BCUT2D eigenvalue weighted by atomic mass is 10.3. The topological polar surface area (TPSA) is 15.6 Å². The molecule has 0 bridgehead atoms. The molecule has 0 unspecified atom stereocenters. The first-order chi connectivity index (χ1) is 6.47. The van der Waals surface area contributed by atoms with Gasteiger partial charge in [-0.3, -0.25) is 4.99 Å². The molecule has 0 spiro atoms. The van der Waals surface area contributed by atoms with Crippen molar-refractivity contribution in [2.45, 2.75) is 0 Å². The quantitative estimate of drug-likeness (QED) is 0.633. The summed E-state index contributed by atoms with van der Waals surface area (Å²) in [4.78, 5) is 6.39. The lowest BCUT2D eigenvalue weighted by molar-refractivity contribution is 0.929. The van der Waals surface area contributed by atoms with Crippen LogP contribution in [0.1, 0.15) is 0 Å². The minimum absolute atomic E-state index is 0.863. The summed E-state index contributed by atoms with van der Waals surface area (Å²) in [6, 6.07) is 10.3. The van der Waals surface area contributed by atoms with Crippen LogP contribution in [0.25, 0.3) is 0 Å². The number of hydrogen-bond acceptors (Lipinski definition) is 2. The monoisotopic (exact) mass is 172 g/mol. The Morgan fingerprint density at radius 1 is 1.15 bits per heavy atom.